The van der Waals surface area contributed by atoms with Gasteiger partial charge in [-0.1, -0.05) is 35.9 Å². The van der Waals surface area contributed by atoms with Crippen LogP contribution in [0.5, 0.6) is 5.75 Å². The molecule has 19 heavy (non-hydrogen) atoms. The molecule has 0 aromatic heterocycles. The van der Waals surface area contributed by atoms with E-state index in [1.54, 1.807) is 12.1 Å². The Morgan fingerprint density at radius 3 is 2.63 bits per heavy atom. The zero-order valence-corrected chi connectivity index (χ0v) is 10.8. The van der Waals surface area contributed by atoms with Gasteiger partial charge in [-0.25, -0.2) is 4.39 Å². The predicted molar refractivity (Wildman–Crippen MR) is 72.7 cm³/mol. The number of ether oxygens (including phenoxy) is 1. The highest BCUT2D eigenvalue weighted by Gasteiger charge is 2.13. The Bertz CT molecular complexity index is 526. The maximum Gasteiger partial charge on any atom is 0.129 e. The van der Waals surface area contributed by atoms with E-state index < -0.39 is 6.10 Å². The molecule has 3 heteroatoms. The van der Waals surface area contributed by atoms with Crippen LogP contribution < -0.4 is 4.74 Å². The quantitative estimate of drug-likeness (QED) is 0.889. The normalized spacial score (nSPS) is 12.2. The van der Waals surface area contributed by atoms with E-state index >= 15 is 0 Å². The summed E-state index contributed by atoms with van der Waals surface area (Å²) in [7, 11) is 0. The highest BCUT2D eigenvalue weighted by atomic mass is 19.1. The fourth-order valence-electron chi connectivity index (χ4n) is 1.88. The van der Waals surface area contributed by atoms with Crippen LogP contribution in [0, 0.1) is 12.7 Å². The Kier molecular flexibility index (Phi) is 4.53. The Balaban J connectivity index is 1.91. The molecule has 2 aromatic rings. The Morgan fingerprint density at radius 2 is 1.89 bits per heavy atom. The van der Waals surface area contributed by atoms with Gasteiger partial charge in [0, 0.05) is 12.0 Å². The number of benzene rings is 2. The molecule has 0 aliphatic heterocycles. The van der Waals surface area contributed by atoms with E-state index in [0.717, 1.165) is 11.3 Å². The summed E-state index contributed by atoms with van der Waals surface area (Å²) in [5, 5.41) is 9.98. The van der Waals surface area contributed by atoms with E-state index in [-0.39, 0.29) is 5.82 Å². The first-order chi connectivity index (χ1) is 9.16. The van der Waals surface area contributed by atoms with Crippen molar-refractivity contribution < 1.29 is 14.2 Å². The second kappa shape index (κ2) is 6.34. The zero-order valence-electron chi connectivity index (χ0n) is 10.8. The number of aryl methyl sites for hydroxylation is 1. The van der Waals surface area contributed by atoms with Crippen LogP contribution in [0.25, 0.3) is 0 Å². The molecule has 0 aliphatic rings. The fraction of sp³-hybridized carbons (Fsp3) is 0.250. The van der Waals surface area contributed by atoms with Crippen molar-refractivity contribution in [1.29, 1.82) is 0 Å². The van der Waals surface area contributed by atoms with Crippen molar-refractivity contribution >= 4 is 0 Å². The number of rotatable bonds is 5. The Labute approximate surface area is 112 Å². The molecule has 1 N–H and O–H groups in total. The van der Waals surface area contributed by atoms with Gasteiger partial charge in [0.1, 0.15) is 11.6 Å². The van der Waals surface area contributed by atoms with Crippen LogP contribution in [0.1, 0.15) is 23.7 Å². The van der Waals surface area contributed by atoms with E-state index in [9.17, 15) is 9.50 Å². The van der Waals surface area contributed by atoms with Crippen LogP contribution in [0.4, 0.5) is 4.39 Å². The minimum atomic E-state index is -0.844. The lowest BCUT2D eigenvalue weighted by molar-refractivity contribution is 0.137. The first-order valence-electron chi connectivity index (χ1n) is 6.29. The molecule has 0 bridgehead atoms. The van der Waals surface area contributed by atoms with Gasteiger partial charge in [0.05, 0.1) is 12.7 Å². The smallest absolute Gasteiger partial charge is 0.129 e. The highest BCUT2D eigenvalue weighted by molar-refractivity contribution is 5.26. The van der Waals surface area contributed by atoms with Gasteiger partial charge in [-0.05, 0) is 25.1 Å². The van der Waals surface area contributed by atoms with Crippen molar-refractivity contribution in [3.05, 3.63) is 65.5 Å². The van der Waals surface area contributed by atoms with Crippen molar-refractivity contribution in [2.45, 2.75) is 19.4 Å². The molecule has 0 saturated carbocycles. The van der Waals surface area contributed by atoms with E-state index in [2.05, 4.69) is 0 Å². The van der Waals surface area contributed by atoms with Crippen molar-refractivity contribution in [1.82, 2.24) is 0 Å². The minimum absolute atomic E-state index is 0.330. The van der Waals surface area contributed by atoms with Gasteiger partial charge < -0.3 is 9.84 Å². The molecule has 0 fully saturated rings. The summed E-state index contributed by atoms with van der Waals surface area (Å²) in [6.07, 6.45) is -0.487. The van der Waals surface area contributed by atoms with E-state index in [4.69, 9.17) is 4.74 Å². The topological polar surface area (TPSA) is 29.5 Å². The summed E-state index contributed by atoms with van der Waals surface area (Å²) in [6, 6.07) is 14.1. The summed E-state index contributed by atoms with van der Waals surface area (Å²) in [6.45, 7) is 2.22. The third kappa shape index (κ3) is 3.80. The van der Waals surface area contributed by atoms with Gasteiger partial charge in [0.15, 0.2) is 0 Å². The number of para-hydroxylation sites is 1. The molecule has 0 aliphatic carbocycles. The molecule has 1 atom stereocenters. The molecule has 2 nitrogen and oxygen atoms in total. The number of hydrogen-bond donors (Lipinski definition) is 1. The lowest BCUT2D eigenvalue weighted by Gasteiger charge is -2.13. The third-order valence-electron chi connectivity index (χ3n) is 2.91. The predicted octanol–water partition coefficient (Wildman–Crippen LogP) is 3.64. The summed E-state index contributed by atoms with van der Waals surface area (Å²) < 4.78 is 19.1. The zero-order chi connectivity index (χ0) is 13.7. The molecular formula is C16H17FO2. The second-order valence-corrected chi connectivity index (χ2v) is 4.49. The van der Waals surface area contributed by atoms with Crippen LogP contribution in [0.3, 0.4) is 0 Å². The van der Waals surface area contributed by atoms with Crippen LogP contribution in [-0.4, -0.2) is 11.7 Å². The van der Waals surface area contributed by atoms with Crippen molar-refractivity contribution in [2.24, 2.45) is 0 Å². The average Bonchev–Trinajstić information content (AvgIpc) is 2.42. The number of aliphatic hydroxyl groups is 1. The summed E-state index contributed by atoms with van der Waals surface area (Å²) in [5.74, 6) is 0.372. The van der Waals surface area contributed by atoms with E-state index in [0.29, 0.717) is 18.6 Å². The standard InChI is InChI=1S/C16H17FO2/c1-12-7-8-15(17)14(11-12)16(18)9-10-19-13-5-3-2-4-6-13/h2-8,11,16,18H,9-10H2,1H3. The Morgan fingerprint density at radius 1 is 1.16 bits per heavy atom. The van der Waals surface area contributed by atoms with Crippen LogP contribution in [-0.2, 0) is 0 Å². The summed E-state index contributed by atoms with van der Waals surface area (Å²) >= 11 is 0. The molecule has 0 saturated heterocycles. The van der Waals surface area contributed by atoms with Crippen molar-refractivity contribution in [2.75, 3.05) is 6.61 Å². The molecule has 2 rings (SSSR count). The third-order valence-corrected chi connectivity index (χ3v) is 2.91. The SMILES string of the molecule is Cc1ccc(F)c(C(O)CCOc2ccccc2)c1. The molecule has 1 unspecified atom stereocenters. The molecule has 0 amide bonds. The summed E-state index contributed by atoms with van der Waals surface area (Å²) in [5.41, 5.74) is 1.26. The molecule has 2 aromatic carbocycles. The molecule has 0 radical (unpaired) electrons. The second-order valence-electron chi connectivity index (χ2n) is 4.49. The number of halogens is 1. The summed E-state index contributed by atoms with van der Waals surface area (Å²) in [4.78, 5) is 0. The largest absolute Gasteiger partial charge is 0.493 e. The molecule has 0 spiro atoms. The minimum Gasteiger partial charge on any atom is -0.493 e. The van der Waals surface area contributed by atoms with Gasteiger partial charge in [0.2, 0.25) is 0 Å². The van der Waals surface area contributed by atoms with Crippen LogP contribution >= 0.6 is 0 Å². The lowest BCUT2D eigenvalue weighted by atomic mass is 10.0. The molecule has 100 valence electrons. The van der Waals surface area contributed by atoms with Gasteiger partial charge in [0.25, 0.3) is 0 Å². The fourth-order valence-corrected chi connectivity index (χ4v) is 1.88. The number of hydrogen-bond acceptors (Lipinski definition) is 2. The van der Waals surface area contributed by atoms with E-state index in [1.165, 1.54) is 6.07 Å². The van der Waals surface area contributed by atoms with Gasteiger partial charge in [-0.15, -0.1) is 0 Å². The monoisotopic (exact) mass is 260 g/mol. The van der Waals surface area contributed by atoms with Gasteiger partial charge in [-0.3, -0.25) is 0 Å². The molecular weight excluding hydrogens is 243 g/mol. The molecule has 0 heterocycles. The van der Waals surface area contributed by atoms with Crippen LogP contribution in [0.2, 0.25) is 0 Å². The van der Waals surface area contributed by atoms with Gasteiger partial charge >= 0.3 is 0 Å². The van der Waals surface area contributed by atoms with Crippen molar-refractivity contribution in [3.63, 3.8) is 0 Å². The van der Waals surface area contributed by atoms with Gasteiger partial charge in [-0.2, -0.15) is 0 Å². The number of aliphatic hydroxyl groups excluding tert-OH is 1. The van der Waals surface area contributed by atoms with Crippen molar-refractivity contribution in [3.8, 4) is 5.75 Å². The maximum absolute atomic E-state index is 13.6. The first kappa shape index (κ1) is 13.6. The lowest BCUT2D eigenvalue weighted by Crippen LogP contribution is -2.07. The van der Waals surface area contributed by atoms with Crippen LogP contribution in [0.15, 0.2) is 48.5 Å². The van der Waals surface area contributed by atoms with E-state index in [1.807, 2.05) is 37.3 Å². The highest BCUT2D eigenvalue weighted by Crippen LogP contribution is 2.21. The first-order valence-corrected chi connectivity index (χ1v) is 6.29. The maximum atomic E-state index is 13.6. The average molecular weight is 260 g/mol. The Hall–Kier alpha value is -1.87.